The van der Waals surface area contributed by atoms with E-state index in [1.165, 1.54) is 0 Å². The average molecular weight is 292 g/mol. The Bertz CT molecular complexity index is 603. The van der Waals surface area contributed by atoms with Crippen molar-refractivity contribution in [3.05, 3.63) is 63.6 Å². The topological polar surface area (TPSA) is 33.0 Å². The van der Waals surface area contributed by atoms with Crippen LogP contribution in [0.3, 0.4) is 0 Å². The van der Waals surface area contributed by atoms with Crippen LogP contribution in [0.2, 0.25) is 10.0 Å². The van der Waals surface area contributed by atoms with Gasteiger partial charge < -0.3 is 4.74 Å². The highest BCUT2D eigenvalue weighted by molar-refractivity contribution is 6.35. The van der Waals surface area contributed by atoms with E-state index in [0.29, 0.717) is 23.1 Å². The second kappa shape index (κ2) is 6.47. The lowest BCUT2D eigenvalue weighted by Crippen LogP contribution is -1.96. The molecule has 0 saturated carbocycles. The van der Waals surface area contributed by atoms with Gasteiger partial charge in [0.05, 0.1) is 12.5 Å². The molecule has 0 fully saturated rings. The number of nitriles is 1. The van der Waals surface area contributed by atoms with Gasteiger partial charge >= 0.3 is 0 Å². The maximum Gasteiger partial charge on any atom is 0.119 e. The third-order valence-corrected chi connectivity index (χ3v) is 3.20. The molecule has 0 atom stereocenters. The van der Waals surface area contributed by atoms with E-state index in [1.807, 2.05) is 30.3 Å². The Morgan fingerprint density at radius 3 is 2.42 bits per heavy atom. The van der Waals surface area contributed by atoms with E-state index in [4.69, 9.17) is 33.2 Å². The van der Waals surface area contributed by atoms with E-state index in [0.717, 1.165) is 16.9 Å². The molecular formula is C15H11Cl2NO. The third kappa shape index (κ3) is 3.89. The van der Waals surface area contributed by atoms with E-state index in [9.17, 15) is 0 Å². The fourth-order valence-electron chi connectivity index (χ4n) is 1.59. The molecule has 0 aromatic heterocycles. The summed E-state index contributed by atoms with van der Waals surface area (Å²) in [5.41, 5.74) is 1.85. The summed E-state index contributed by atoms with van der Waals surface area (Å²) in [5, 5.41) is 9.78. The molecule has 4 heteroatoms. The number of hydrogen-bond acceptors (Lipinski definition) is 2. The van der Waals surface area contributed by atoms with Gasteiger partial charge in [-0.15, -0.1) is 0 Å². The number of nitrogens with zero attached hydrogens (tertiary/aromatic N) is 1. The summed E-state index contributed by atoms with van der Waals surface area (Å²) in [6.07, 6.45) is 0.406. The Kier molecular flexibility index (Phi) is 4.68. The van der Waals surface area contributed by atoms with Crippen LogP contribution in [0.4, 0.5) is 0 Å². The van der Waals surface area contributed by atoms with Gasteiger partial charge in [0, 0.05) is 15.6 Å². The van der Waals surface area contributed by atoms with Crippen molar-refractivity contribution in [1.82, 2.24) is 0 Å². The Balaban J connectivity index is 2.00. The van der Waals surface area contributed by atoms with Crippen molar-refractivity contribution in [2.24, 2.45) is 0 Å². The number of ether oxygens (including phenoxy) is 1. The summed E-state index contributed by atoms with van der Waals surface area (Å²) >= 11 is 11.9. The molecule has 0 spiro atoms. The van der Waals surface area contributed by atoms with Crippen LogP contribution in [0.1, 0.15) is 11.1 Å². The van der Waals surface area contributed by atoms with Crippen molar-refractivity contribution in [1.29, 1.82) is 5.26 Å². The Labute approximate surface area is 122 Å². The standard InChI is InChI=1S/C15H11Cl2NO/c16-13-4-3-12(15(17)9-13)10-19-14-5-1-11(2-6-14)7-8-18/h1-6,9H,7,10H2. The zero-order chi connectivity index (χ0) is 13.7. The molecule has 0 N–H and O–H groups in total. The number of hydrogen-bond donors (Lipinski definition) is 0. The van der Waals surface area contributed by atoms with Crippen molar-refractivity contribution < 1.29 is 4.74 Å². The SMILES string of the molecule is N#CCc1ccc(OCc2ccc(Cl)cc2Cl)cc1. The first kappa shape index (κ1) is 13.7. The molecule has 0 aliphatic carbocycles. The van der Waals surface area contributed by atoms with Gasteiger partial charge in [0.15, 0.2) is 0 Å². The molecule has 2 aromatic carbocycles. The zero-order valence-electron chi connectivity index (χ0n) is 10.1. The summed E-state index contributed by atoms with van der Waals surface area (Å²) in [7, 11) is 0. The Morgan fingerprint density at radius 2 is 1.79 bits per heavy atom. The number of benzene rings is 2. The van der Waals surface area contributed by atoms with Gasteiger partial charge in [0.25, 0.3) is 0 Å². The Hall–Kier alpha value is -1.69. The van der Waals surface area contributed by atoms with E-state index in [2.05, 4.69) is 6.07 Å². The largest absolute Gasteiger partial charge is 0.489 e. The van der Waals surface area contributed by atoms with Gasteiger partial charge in [-0.1, -0.05) is 41.4 Å². The van der Waals surface area contributed by atoms with Gasteiger partial charge in [-0.2, -0.15) is 5.26 Å². The highest BCUT2D eigenvalue weighted by atomic mass is 35.5. The smallest absolute Gasteiger partial charge is 0.119 e. The van der Waals surface area contributed by atoms with Crippen LogP contribution < -0.4 is 4.74 Å². The van der Waals surface area contributed by atoms with Gasteiger partial charge in [0.1, 0.15) is 12.4 Å². The molecule has 2 rings (SSSR count). The van der Waals surface area contributed by atoms with Crippen LogP contribution in [0.25, 0.3) is 0 Å². The molecule has 19 heavy (non-hydrogen) atoms. The van der Waals surface area contributed by atoms with Crippen molar-refractivity contribution in [2.45, 2.75) is 13.0 Å². The molecule has 96 valence electrons. The van der Waals surface area contributed by atoms with Crippen LogP contribution in [-0.2, 0) is 13.0 Å². The molecule has 0 amide bonds. The predicted molar refractivity (Wildman–Crippen MR) is 76.6 cm³/mol. The monoisotopic (exact) mass is 291 g/mol. The van der Waals surface area contributed by atoms with E-state index < -0.39 is 0 Å². The van der Waals surface area contributed by atoms with Gasteiger partial charge in [-0.05, 0) is 29.8 Å². The molecule has 0 bridgehead atoms. The highest BCUT2D eigenvalue weighted by Crippen LogP contribution is 2.22. The van der Waals surface area contributed by atoms with Crippen molar-refractivity contribution >= 4 is 23.2 Å². The minimum atomic E-state index is 0.383. The molecule has 0 saturated heterocycles. The summed E-state index contributed by atoms with van der Waals surface area (Å²) < 4.78 is 5.64. The van der Waals surface area contributed by atoms with Crippen LogP contribution in [-0.4, -0.2) is 0 Å². The van der Waals surface area contributed by atoms with Crippen LogP contribution in [0, 0.1) is 11.3 Å². The highest BCUT2D eigenvalue weighted by Gasteiger charge is 2.02. The van der Waals surface area contributed by atoms with Gasteiger partial charge in [-0.25, -0.2) is 0 Å². The molecule has 0 aliphatic rings. The fraction of sp³-hybridized carbons (Fsp3) is 0.133. The summed E-state index contributed by atoms with van der Waals surface area (Å²) in [5.74, 6) is 0.743. The average Bonchev–Trinajstić information content (AvgIpc) is 2.40. The van der Waals surface area contributed by atoms with Crippen molar-refractivity contribution in [3.63, 3.8) is 0 Å². The minimum absolute atomic E-state index is 0.383. The molecule has 0 unspecified atom stereocenters. The molecule has 0 aliphatic heterocycles. The predicted octanol–water partition coefficient (Wildman–Crippen LogP) is 4.64. The van der Waals surface area contributed by atoms with Crippen LogP contribution in [0.15, 0.2) is 42.5 Å². The fourth-order valence-corrected chi connectivity index (χ4v) is 2.06. The maximum atomic E-state index is 8.59. The van der Waals surface area contributed by atoms with Crippen LogP contribution in [0.5, 0.6) is 5.75 Å². The molecule has 0 heterocycles. The van der Waals surface area contributed by atoms with Crippen LogP contribution >= 0.6 is 23.2 Å². The summed E-state index contributed by atoms with van der Waals surface area (Å²) in [6, 6.07) is 14.9. The van der Waals surface area contributed by atoms with E-state index in [1.54, 1.807) is 12.1 Å². The third-order valence-electron chi connectivity index (χ3n) is 2.62. The zero-order valence-corrected chi connectivity index (χ0v) is 11.6. The quantitative estimate of drug-likeness (QED) is 0.822. The molecular weight excluding hydrogens is 281 g/mol. The van der Waals surface area contributed by atoms with E-state index >= 15 is 0 Å². The summed E-state index contributed by atoms with van der Waals surface area (Å²) in [4.78, 5) is 0. The lowest BCUT2D eigenvalue weighted by Gasteiger charge is -2.08. The van der Waals surface area contributed by atoms with Crippen molar-refractivity contribution in [3.8, 4) is 11.8 Å². The van der Waals surface area contributed by atoms with Gasteiger partial charge in [-0.3, -0.25) is 0 Å². The number of rotatable bonds is 4. The first-order valence-corrected chi connectivity index (χ1v) is 6.47. The lowest BCUT2D eigenvalue weighted by atomic mass is 10.2. The lowest BCUT2D eigenvalue weighted by molar-refractivity contribution is 0.306. The first-order valence-electron chi connectivity index (χ1n) is 5.71. The summed E-state index contributed by atoms with van der Waals surface area (Å²) in [6.45, 7) is 0.383. The normalized spacial score (nSPS) is 9.95. The molecule has 2 aromatic rings. The van der Waals surface area contributed by atoms with E-state index in [-0.39, 0.29) is 0 Å². The van der Waals surface area contributed by atoms with Crippen molar-refractivity contribution in [2.75, 3.05) is 0 Å². The maximum absolute atomic E-state index is 8.59. The molecule has 2 nitrogen and oxygen atoms in total. The number of halogens is 2. The second-order valence-electron chi connectivity index (χ2n) is 4.00. The van der Waals surface area contributed by atoms with Gasteiger partial charge in [0.2, 0.25) is 0 Å². The minimum Gasteiger partial charge on any atom is -0.489 e. The second-order valence-corrected chi connectivity index (χ2v) is 4.85. The molecule has 0 radical (unpaired) electrons. The Morgan fingerprint density at radius 1 is 1.05 bits per heavy atom. The first-order chi connectivity index (χ1) is 9.19.